The Hall–Kier alpha value is -1.44. The van der Waals surface area contributed by atoms with Crippen molar-refractivity contribution in [3.05, 3.63) is 29.3 Å². The molecule has 1 aromatic rings. The van der Waals surface area contributed by atoms with Gasteiger partial charge in [-0.3, -0.25) is 4.79 Å². The molecule has 0 spiro atoms. The van der Waals surface area contributed by atoms with Crippen molar-refractivity contribution in [1.82, 2.24) is 9.21 Å². The molecule has 0 saturated carbocycles. The van der Waals surface area contributed by atoms with Crippen LogP contribution in [-0.2, 0) is 14.8 Å². The van der Waals surface area contributed by atoms with Gasteiger partial charge in [0.05, 0.1) is 12.8 Å². The second-order valence-electron chi connectivity index (χ2n) is 5.75. The number of nitrogens with zero attached hydrogens (tertiary/aromatic N) is 2. The molecule has 1 amide bonds. The van der Waals surface area contributed by atoms with Gasteiger partial charge in [0.15, 0.2) is 0 Å². The molecular formula is C15H25N3O3S. The summed E-state index contributed by atoms with van der Waals surface area (Å²) in [6.07, 6.45) is 1.12. The normalized spacial score (nSPS) is 12.0. The van der Waals surface area contributed by atoms with E-state index in [4.69, 9.17) is 0 Å². The SMILES string of the molecule is Cc1ccc(NC(=O)CN(CCN(C)C)S(C)(=O)=O)cc1C. The molecule has 0 aliphatic heterocycles. The maximum atomic E-state index is 12.1. The number of carbonyl (C=O) groups excluding carboxylic acids is 1. The van der Waals surface area contributed by atoms with Crippen LogP contribution < -0.4 is 5.32 Å². The maximum Gasteiger partial charge on any atom is 0.239 e. The van der Waals surface area contributed by atoms with Gasteiger partial charge in [0.25, 0.3) is 0 Å². The van der Waals surface area contributed by atoms with Gasteiger partial charge < -0.3 is 10.2 Å². The Balaban J connectivity index is 2.72. The van der Waals surface area contributed by atoms with E-state index in [1.54, 1.807) is 0 Å². The zero-order valence-electron chi connectivity index (χ0n) is 13.9. The second-order valence-corrected chi connectivity index (χ2v) is 7.73. The van der Waals surface area contributed by atoms with E-state index in [9.17, 15) is 13.2 Å². The Kier molecular flexibility index (Phi) is 6.52. The molecule has 0 heterocycles. The Bertz CT molecular complexity index is 627. The van der Waals surface area contributed by atoms with E-state index in [1.807, 2.05) is 51.0 Å². The van der Waals surface area contributed by atoms with Crippen molar-refractivity contribution in [2.45, 2.75) is 13.8 Å². The van der Waals surface area contributed by atoms with Crippen LogP contribution in [0.2, 0.25) is 0 Å². The molecule has 1 rings (SSSR count). The molecule has 0 radical (unpaired) electrons. The Labute approximate surface area is 133 Å². The first-order valence-electron chi connectivity index (χ1n) is 7.06. The lowest BCUT2D eigenvalue weighted by Gasteiger charge is -2.21. The van der Waals surface area contributed by atoms with Crippen LogP contribution in [-0.4, -0.2) is 63.5 Å². The number of benzene rings is 1. The summed E-state index contributed by atoms with van der Waals surface area (Å²) in [4.78, 5) is 14.0. The summed E-state index contributed by atoms with van der Waals surface area (Å²) >= 11 is 0. The minimum Gasteiger partial charge on any atom is -0.325 e. The third kappa shape index (κ3) is 6.13. The number of hydrogen-bond donors (Lipinski definition) is 1. The average molecular weight is 327 g/mol. The highest BCUT2D eigenvalue weighted by atomic mass is 32.2. The number of amides is 1. The fourth-order valence-electron chi connectivity index (χ4n) is 1.85. The van der Waals surface area contributed by atoms with E-state index in [2.05, 4.69) is 5.32 Å². The number of sulfonamides is 1. The first-order valence-corrected chi connectivity index (χ1v) is 8.91. The summed E-state index contributed by atoms with van der Waals surface area (Å²) in [5, 5.41) is 2.74. The average Bonchev–Trinajstić information content (AvgIpc) is 2.37. The van der Waals surface area contributed by atoms with Crippen molar-refractivity contribution >= 4 is 21.6 Å². The monoisotopic (exact) mass is 327 g/mol. The molecular weight excluding hydrogens is 302 g/mol. The van der Waals surface area contributed by atoms with E-state index in [1.165, 1.54) is 4.31 Å². The zero-order valence-corrected chi connectivity index (χ0v) is 14.7. The molecule has 0 saturated heterocycles. The van der Waals surface area contributed by atoms with Crippen LogP contribution in [0.3, 0.4) is 0 Å². The summed E-state index contributed by atoms with van der Waals surface area (Å²) in [6, 6.07) is 5.61. The lowest BCUT2D eigenvalue weighted by molar-refractivity contribution is -0.116. The van der Waals surface area contributed by atoms with Crippen molar-refractivity contribution in [2.75, 3.05) is 45.3 Å². The highest BCUT2D eigenvalue weighted by Crippen LogP contribution is 2.14. The minimum absolute atomic E-state index is 0.181. The standard InChI is InChI=1S/C15H25N3O3S/c1-12-6-7-14(10-13(12)2)16-15(19)11-18(22(5,20)21)9-8-17(3)4/h6-7,10H,8-9,11H2,1-5H3,(H,16,19). The number of nitrogens with one attached hydrogen (secondary N) is 1. The highest BCUT2D eigenvalue weighted by Gasteiger charge is 2.20. The van der Waals surface area contributed by atoms with Crippen molar-refractivity contribution in [3.63, 3.8) is 0 Å². The van der Waals surface area contributed by atoms with Crippen LogP contribution in [0.25, 0.3) is 0 Å². The van der Waals surface area contributed by atoms with Crippen LogP contribution in [0.15, 0.2) is 18.2 Å². The van der Waals surface area contributed by atoms with Gasteiger partial charge in [0.2, 0.25) is 15.9 Å². The number of carbonyl (C=O) groups is 1. The molecule has 124 valence electrons. The van der Waals surface area contributed by atoms with Crippen LogP contribution in [0.4, 0.5) is 5.69 Å². The number of rotatable bonds is 7. The molecule has 22 heavy (non-hydrogen) atoms. The molecule has 0 aromatic heterocycles. The predicted octanol–water partition coefficient (Wildman–Crippen LogP) is 1.07. The molecule has 0 aliphatic rings. The third-order valence-electron chi connectivity index (χ3n) is 3.38. The van der Waals surface area contributed by atoms with Crippen LogP contribution in [0.5, 0.6) is 0 Å². The van der Waals surface area contributed by atoms with Gasteiger partial charge in [0.1, 0.15) is 0 Å². The quantitative estimate of drug-likeness (QED) is 0.813. The number of hydrogen-bond acceptors (Lipinski definition) is 4. The van der Waals surface area contributed by atoms with Gasteiger partial charge in [0, 0.05) is 18.8 Å². The fraction of sp³-hybridized carbons (Fsp3) is 0.533. The summed E-state index contributed by atoms with van der Waals surface area (Å²) in [5.41, 5.74) is 2.89. The fourth-order valence-corrected chi connectivity index (χ4v) is 2.62. The van der Waals surface area contributed by atoms with Gasteiger partial charge in [-0.15, -0.1) is 0 Å². The summed E-state index contributed by atoms with van der Waals surface area (Å²) < 4.78 is 24.7. The molecule has 0 aliphatic carbocycles. The van der Waals surface area contributed by atoms with E-state index in [0.29, 0.717) is 12.2 Å². The van der Waals surface area contributed by atoms with Gasteiger partial charge in [-0.2, -0.15) is 4.31 Å². The molecule has 0 atom stereocenters. The molecule has 0 bridgehead atoms. The summed E-state index contributed by atoms with van der Waals surface area (Å²) in [6.45, 7) is 4.62. The molecule has 0 unspecified atom stereocenters. The first-order chi connectivity index (χ1) is 10.1. The maximum absolute atomic E-state index is 12.1. The van der Waals surface area contributed by atoms with Crippen molar-refractivity contribution < 1.29 is 13.2 Å². The molecule has 1 aromatic carbocycles. The lowest BCUT2D eigenvalue weighted by atomic mass is 10.1. The van der Waals surface area contributed by atoms with E-state index >= 15 is 0 Å². The van der Waals surface area contributed by atoms with Crippen LogP contribution in [0, 0.1) is 13.8 Å². The lowest BCUT2D eigenvalue weighted by Crippen LogP contribution is -2.41. The largest absolute Gasteiger partial charge is 0.325 e. The Morgan fingerprint density at radius 1 is 1.14 bits per heavy atom. The Morgan fingerprint density at radius 2 is 1.77 bits per heavy atom. The van der Waals surface area contributed by atoms with Crippen molar-refractivity contribution in [1.29, 1.82) is 0 Å². The second kappa shape index (κ2) is 7.71. The number of anilines is 1. The molecule has 7 heteroatoms. The summed E-state index contributed by atoms with van der Waals surface area (Å²) in [7, 11) is 0.297. The van der Waals surface area contributed by atoms with Crippen LogP contribution in [0.1, 0.15) is 11.1 Å². The Morgan fingerprint density at radius 3 is 2.27 bits per heavy atom. The smallest absolute Gasteiger partial charge is 0.239 e. The first kappa shape index (κ1) is 18.6. The molecule has 0 fully saturated rings. The van der Waals surface area contributed by atoms with Gasteiger partial charge in [-0.05, 0) is 51.2 Å². The predicted molar refractivity (Wildman–Crippen MR) is 89.5 cm³/mol. The van der Waals surface area contributed by atoms with Crippen molar-refractivity contribution in [3.8, 4) is 0 Å². The van der Waals surface area contributed by atoms with Gasteiger partial charge >= 0.3 is 0 Å². The van der Waals surface area contributed by atoms with E-state index in [0.717, 1.165) is 17.4 Å². The summed E-state index contributed by atoms with van der Waals surface area (Å²) in [5.74, 6) is -0.340. The van der Waals surface area contributed by atoms with E-state index < -0.39 is 10.0 Å². The highest BCUT2D eigenvalue weighted by molar-refractivity contribution is 7.88. The van der Waals surface area contributed by atoms with Crippen LogP contribution >= 0.6 is 0 Å². The third-order valence-corrected chi connectivity index (χ3v) is 4.63. The zero-order chi connectivity index (χ0) is 16.9. The van der Waals surface area contributed by atoms with Crippen molar-refractivity contribution in [2.24, 2.45) is 0 Å². The number of likely N-dealkylation sites (N-methyl/N-ethyl adjacent to an activating group) is 1. The molecule has 6 nitrogen and oxygen atoms in total. The van der Waals surface area contributed by atoms with Gasteiger partial charge in [-0.1, -0.05) is 6.07 Å². The minimum atomic E-state index is -3.42. The number of aryl methyl sites for hydroxylation is 2. The van der Waals surface area contributed by atoms with Gasteiger partial charge in [-0.25, -0.2) is 8.42 Å². The molecule has 1 N–H and O–H groups in total. The van der Waals surface area contributed by atoms with E-state index in [-0.39, 0.29) is 19.0 Å². The topological polar surface area (TPSA) is 69.7 Å².